The van der Waals surface area contributed by atoms with Crippen molar-refractivity contribution in [1.82, 2.24) is 19.4 Å². The quantitative estimate of drug-likeness (QED) is 0.308. The Labute approximate surface area is 254 Å². The van der Waals surface area contributed by atoms with Crippen LogP contribution in [0.25, 0.3) is 10.9 Å². The minimum atomic E-state index is -0.229. The fourth-order valence-corrected chi connectivity index (χ4v) is 8.45. The van der Waals surface area contributed by atoms with E-state index in [9.17, 15) is 9.18 Å². The maximum absolute atomic E-state index is 14.4. The summed E-state index contributed by atoms with van der Waals surface area (Å²) in [7, 11) is 0. The van der Waals surface area contributed by atoms with Crippen LogP contribution in [-0.2, 0) is 13.0 Å². The van der Waals surface area contributed by atoms with Gasteiger partial charge in [-0.2, -0.15) is 0 Å². The number of benzene rings is 2. The molecule has 0 unspecified atom stereocenters. The summed E-state index contributed by atoms with van der Waals surface area (Å²) in [6, 6.07) is 12.0. The Morgan fingerprint density at radius 3 is 2.79 bits per heavy atom. The van der Waals surface area contributed by atoms with Crippen LogP contribution in [0.15, 0.2) is 52.5 Å². The number of aliphatic imine (C=N–C) groups is 1. The van der Waals surface area contributed by atoms with Gasteiger partial charge in [-0.05, 0) is 104 Å². The molecule has 3 aliphatic carbocycles. The van der Waals surface area contributed by atoms with Gasteiger partial charge in [0.2, 0.25) is 0 Å². The van der Waals surface area contributed by atoms with E-state index in [2.05, 4.69) is 40.9 Å². The highest BCUT2D eigenvalue weighted by Crippen LogP contribution is 2.61. The van der Waals surface area contributed by atoms with Crippen LogP contribution in [0, 0.1) is 35.9 Å². The van der Waals surface area contributed by atoms with E-state index < -0.39 is 0 Å². The van der Waals surface area contributed by atoms with Crippen LogP contribution in [0.4, 0.5) is 10.1 Å². The molecule has 2 aromatic carbocycles. The highest BCUT2D eigenvalue weighted by molar-refractivity contribution is 5.96. The number of nitrogens with zero attached hydrogens (tertiary/aromatic N) is 5. The van der Waals surface area contributed by atoms with Crippen molar-refractivity contribution in [3.8, 4) is 0 Å². The fourth-order valence-electron chi connectivity index (χ4n) is 8.45. The minimum Gasteiger partial charge on any atom is -0.340 e. The van der Waals surface area contributed by atoms with E-state index in [4.69, 9.17) is 4.99 Å². The van der Waals surface area contributed by atoms with Gasteiger partial charge in [-0.15, -0.1) is 0 Å². The highest BCUT2D eigenvalue weighted by Gasteiger charge is 2.56. The number of hydrogen-bond acceptors (Lipinski definition) is 4. The smallest absolute Gasteiger partial charge is 0.261 e. The van der Waals surface area contributed by atoms with Crippen LogP contribution in [0.5, 0.6) is 0 Å². The molecule has 3 heterocycles. The standard InChI is InChI=1S/C35H45FN6O/c1-22-7-8-24(30(36)16-22)11-13-42-21-37-32-19-26(9-10-28(32)33(42)43)38-34(41-15-14-40-12-5-6-27(40)20-41)39-31-18-25-17-29(23(31)2)35(25,3)4/h7-10,16,19,21,23,25,27,29,31H,5-6,11-15,17-18,20H2,1-4H3,(H,38,39)/t23-,25-,27-,29+,31-/m0/s1. The summed E-state index contributed by atoms with van der Waals surface area (Å²) in [6.07, 6.45) is 7.06. The third kappa shape index (κ3) is 5.26. The zero-order valence-corrected chi connectivity index (χ0v) is 26.0. The second kappa shape index (κ2) is 11.0. The summed E-state index contributed by atoms with van der Waals surface area (Å²) < 4.78 is 15.9. The summed E-state index contributed by atoms with van der Waals surface area (Å²) >= 11 is 0. The third-order valence-corrected chi connectivity index (χ3v) is 11.4. The largest absolute Gasteiger partial charge is 0.340 e. The summed E-state index contributed by atoms with van der Waals surface area (Å²) in [5.41, 5.74) is 3.38. The average molecular weight is 585 g/mol. The van der Waals surface area contributed by atoms with Crippen molar-refractivity contribution < 1.29 is 4.39 Å². The molecule has 8 rings (SSSR count). The Balaban J connectivity index is 1.13. The van der Waals surface area contributed by atoms with Crippen molar-refractivity contribution in [2.24, 2.45) is 28.2 Å². The maximum atomic E-state index is 14.4. The Hall–Kier alpha value is -3.26. The number of fused-ring (bicyclic) bond motifs is 4. The fraction of sp³-hybridized carbons (Fsp3) is 0.571. The van der Waals surface area contributed by atoms with E-state index in [1.807, 2.05) is 31.2 Å². The molecule has 8 heteroatoms. The second-order valence-corrected chi connectivity index (χ2v) is 14.2. The number of nitrogens with one attached hydrogen (secondary N) is 1. The van der Waals surface area contributed by atoms with Crippen molar-refractivity contribution in [1.29, 1.82) is 0 Å². The van der Waals surface area contributed by atoms with Crippen LogP contribution in [0.2, 0.25) is 0 Å². The molecule has 43 heavy (non-hydrogen) atoms. The van der Waals surface area contributed by atoms with Gasteiger partial charge in [0.15, 0.2) is 5.96 Å². The number of aromatic nitrogens is 2. The molecule has 0 radical (unpaired) electrons. The van der Waals surface area contributed by atoms with Gasteiger partial charge in [0.1, 0.15) is 5.82 Å². The van der Waals surface area contributed by atoms with E-state index in [-0.39, 0.29) is 11.4 Å². The number of hydrogen-bond donors (Lipinski definition) is 1. The first kappa shape index (κ1) is 28.5. The number of piperazine rings is 1. The Bertz CT molecular complexity index is 1610. The van der Waals surface area contributed by atoms with Gasteiger partial charge in [0.25, 0.3) is 5.56 Å². The van der Waals surface area contributed by atoms with Crippen LogP contribution in [-0.4, -0.2) is 63.6 Å². The first-order chi connectivity index (χ1) is 20.7. The van der Waals surface area contributed by atoms with Crippen molar-refractivity contribution in [2.75, 3.05) is 31.5 Å². The lowest BCUT2D eigenvalue weighted by Gasteiger charge is -2.61. The molecule has 3 saturated carbocycles. The molecule has 0 amide bonds. The number of guanidine groups is 1. The molecule has 0 spiro atoms. The summed E-state index contributed by atoms with van der Waals surface area (Å²) in [5, 5.41) is 4.27. The van der Waals surface area contributed by atoms with Gasteiger partial charge in [0, 0.05) is 37.9 Å². The first-order valence-corrected chi connectivity index (χ1v) is 16.3. The van der Waals surface area contributed by atoms with Gasteiger partial charge in [-0.25, -0.2) is 14.4 Å². The van der Waals surface area contributed by atoms with Gasteiger partial charge in [-0.3, -0.25) is 14.3 Å². The zero-order valence-electron chi connectivity index (χ0n) is 26.0. The Kier molecular flexibility index (Phi) is 7.31. The predicted octanol–water partition coefficient (Wildman–Crippen LogP) is 5.71. The highest BCUT2D eigenvalue weighted by atomic mass is 19.1. The SMILES string of the molecule is Cc1ccc(CCn2cnc3cc(N/C(=N/[C@H]4C[C@@H]5C[C@H]([C@@H]4C)C5(C)C)N4CCN5CCC[C@H]5C4)ccc3c2=O)c(F)c1. The number of aryl methyl sites for hydroxylation is 3. The van der Waals surface area contributed by atoms with E-state index in [0.29, 0.717) is 52.8 Å². The first-order valence-electron chi connectivity index (χ1n) is 16.3. The lowest BCUT2D eigenvalue weighted by atomic mass is 9.45. The molecule has 228 valence electrons. The molecule has 2 saturated heterocycles. The van der Waals surface area contributed by atoms with E-state index >= 15 is 0 Å². The van der Waals surface area contributed by atoms with Crippen LogP contribution >= 0.6 is 0 Å². The molecule has 3 aromatic rings. The third-order valence-electron chi connectivity index (χ3n) is 11.4. The van der Waals surface area contributed by atoms with Crippen LogP contribution < -0.4 is 10.9 Å². The van der Waals surface area contributed by atoms with Gasteiger partial charge < -0.3 is 10.2 Å². The molecule has 1 aromatic heterocycles. The molecule has 5 atom stereocenters. The molecule has 5 fully saturated rings. The normalized spacial score (nSPS) is 28.5. The van der Waals surface area contributed by atoms with E-state index in [0.717, 1.165) is 55.1 Å². The topological polar surface area (TPSA) is 65.8 Å². The van der Waals surface area contributed by atoms with Crippen molar-refractivity contribution in [3.63, 3.8) is 0 Å². The van der Waals surface area contributed by atoms with E-state index in [1.54, 1.807) is 17.0 Å². The monoisotopic (exact) mass is 584 g/mol. The molecule has 2 bridgehead atoms. The number of anilines is 1. The van der Waals surface area contributed by atoms with Crippen molar-refractivity contribution >= 4 is 22.5 Å². The number of halogens is 1. The Morgan fingerprint density at radius 1 is 1.14 bits per heavy atom. The maximum Gasteiger partial charge on any atom is 0.261 e. The molecule has 7 nitrogen and oxygen atoms in total. The number of rotatable bonds is 5. The summed E-state index contributed by atoms with van der Waals surface area (Å²) in [5.74, 6) is 2.80. The Morgan fingerprint density at radius 2 is 2.00 bits per heavy atom. The zero-order chi connectivity index (χ0) is 29.9. The lowest BCUT2D eigenvalue weighted by Crippen LogP contribution is -2.57. The summed E-state index contributed by atoms with van der Waals surface area (Å²) in [4.78, 5) is 28.5. The lowest BCUT2D eigenvalue weighted by molar-refractivity contribution is -0.108. The van der Waals surface area contributed by atoms with Gasteiger partial charge in [0.05, 0.1) is 23.3 Å². The van der Waals surface area contributed by atoms with E-state index in [1.165, 1.54) is 31.9 Å². The second-order valence-electron chi connectivity index (χ2n) is 14.2. The minimum absolute atomic E-state index is 0.104. The van der Waals surface area contributed by atoms with Gasteiger partial charge in [-0.1, -0.05) is 32.9 Å². The van der Waals surface area contributed by atoms with Crippen molar-refractivity contribution in [3.05, 3.63) is 70.0 Å². The van der Waals surface area contributed by atoms with Crippen LogP contribution in [0.1, 0.15) is 57.6 Å². The van der Waals surface area contributed by atoms with Crippen molar-refractivity contribution in [2.45, 2.75) is 78.4 Å². The molecule has 2 aliphatic heterocycles. The predicted molar refractivity (Wildman–Crippen MR) is 171 cm³/mol. The molecule has 1 N–H and O–H groups in total. The van der Waals surface area contributed by atoms with Gasteiger partial charge >= 0.3 is 0 Å². The molecular weight excluding hydrogens is 539 g/mol. The van der Waals surface area contributed by atoms with Crippen LogP contribution in [0.3, 0.4) is 0 Å². The summed E-state index contributed by atoms with van der Waals surface area (Å²) in [6.45, 7) is 13.8. The molecular formula is C35H45FN6O. The average Bonchev–Trinajstić information content (AvgIpc) is 3.46. The molecule has 5 aliphatic rings.